The molecule has 1 aromatic heterocycles. The molecule has 0 aliphatic carbocycles. The number of nitrogens with zero attached hydrogens (tertiary/aromatic N) is 2. The smallest absolute Gasteiger partial charge is 0.317 e. The lowest BCUT2D eigenvalue weighted by Crippen LogP contribution is -2.50. The number of carbonyl (C=O) groups is 2. The van der Waals surface area contributed by atoms with Crippen LogP contribution < -0.4 is 5.32 Å². The Morgan fingerprint density at radius 2 is 2.00 bits per heavy atom. The van der Waals surface area contributed by atoms with Crippen LogP contribution in [0.4, 0.5) is 4.79 Å². The molecule has 0 unspecified atom stereocenters. The van der Waals surface area contributed by atoms with Crippen LogP contribution >= 0.6 is 11.3 Å². The Morgan fingerprint density at radius 3 is 2.52 bits per heavy atom. The normalized spacial score (nSPS) is 15.8. The number of amides is 3. The number of hydrogen-bond acceptors (Lipinski definition) is 3. The number of piperidine rings is 1. The van der Waals surface area contributed by atoms with Crippen LogP contribution in [0.5, 0.6) is 0 Å². The minimum Gasteiger partial charge on any atom is -0.338 e. The van der Waals surface area contributed by atoms with E-state index in [9.17, 15) is 9.59 Å². The average molecular weight is 309 g/mol. The van der Waals surface area contributed by atoms with Crippen molar-refractivity contribution in [3.8, 4) is 0 Å². The second-order valence-electron chi connectivity index (χ2n) is 5.17. The van der Waals surface area contributed by atoms with Gasteiger partial charge in [-0.05, 0) is 38.1 Å². The second kappa shape index (κ2) is 7.45. The lowest BCUT2D eigenvalue weighted by atomic mass is 10.1. The molecule has 0 saturated carbocycles. The molecule has 0 bridgehead atoms. The maximum atomic E-state index is 12.2. The van der Waals surface area contributed by atoms with Gasteiger partial charge in [-0.15, -0.1) is 11.3 Å². The third-order valence-electron chi connectivity index (χ3n) is 3.89. The number of thiophene rings is 1. The Morgan fingerprint density at radius 1 is 1.33 bits per heavy atom. The van der Waals surface area contributed by atoms with Crippen molar-refractivity contribution in [1.82, 2.24) is 15.1 Å². The topological polar surface area (TPSA) is 52.7 Å². The third-order valence-corrected chi connectivity index (χ3v) is 4.75. The van der Waals surface area contributed by atoms with Crippen molar-refractivity contribution in [2.24, 2.45) is 0 Å². The molecule has 0 atom stereocenters. The molecule has 0 radical (unpaired) electrons. The van der Waals surface area contributed by atoms with Gasteiger partial charge in [0, 0.05) is 32.2 Å². The predicted molar refractivity (Wildman–Crippen MR) is 84.7 cm³/mol. The van der Waals surface area contributed by atoms with Gasteiger partial charge in [0.1, 0.15) is 0 Å². The molecular weight excluding hydrogens is 286 g/mol. The van der Waals surface area contributed by atoms with Crippen molar-refractivity contribution in [2.45, 2.75) is 32.7 Å². The van der Waals surface area contributed by atoms with Gasteiger partial charge in [-0.25, -0.2) is 4.79 Å². The molecule has 1 saturated heterocycles. The van der Waals surface area contributed by atoms with E-state index in [-0.39, 0.29) is 18.0 Å². The fraction of sp³-hybridized carbons (Fsp3) is 0.600. The molecule has 116 valence electrons. The fourth-order valence-corrected chi connectivity index (χ4v) is 3.25. The van der Waals surface area contributed by atoms with Gasteiger partial charge in [0.2, 0.25) is 0 Å². The van der Waals surface area contributed by atoms with Crippen LogP contribution in [0.15, 0.2) is 17.5 Å². The van der Waals surface area contributed by atoms with E-state index >= 15 is 0 Å². The molecular formula is C15H23N3O2S. The summed E-state index contributed by atoms with van der Waals surface area (Å²) >= 11 is 1.48. The van der Waals surface area contributed by atoms with Gasteiger partial charge < -0.3 is 15.1 Å². The summed E-state index contributed by atoms with van der Waals surface area (Å²) in [5, 5.41) is 4.99. The first-order valence-corrected chi connectivity index (χ1v) is 8.41. The van der Waals surface area contributed by atoms with E-state index < -0.39 is 0 Å². The van der Waals surface area contributed by atoms with Crippen molar-refractivity contribution in [1.29, 1.82) is 0 Å². The van der Waals surface area contributed by atoms with Crippen LogP contribution in [-0.4, -0.2) is 54.0 Å². The summed E-state index contributed by atoms with van der Waals surface area (Å²) in [6.45, 7) is 6.81. The third kappa shape index (κ3) is 3.97. The molecule has 3 amide bonds. The first kappa shape index (κ1) is 15.8. The van der Waals surface area contributed by atoms with E-state index in [4.69, 9.17) is 0 Å². The summed E-state index contributed by atoms with van der Waals surface area (Å²) < 4.78 is 0. The highest BCUT2D eigenvalue weighted by molar-refractivity contribution is 7.12. The van der Waals surface area contributed by atoms with Gasteiger partial charge in [0.15, 0.2) is 0 Å². The van der Waals surface area contributed by atoms with E-state index in [1.54, 1.807) is 4.90 Å². The number of likely N-dealkylation sites (tertiary alicyclic amines) is 1. The minimum atomic E-state index is 0.00281. The van der Waals surface area contributed by atoms with Crippen molar-refractivity contribution >= 4 is 23.3 Å². The molecule has 1 aromatic rings. The van der Waals surface area contributed by atoms with Crippen molar-refractivity contribution < 1.29 is 9.59 Å². The summed E-state index contributed by atoms with van der Waals surface area (Å²) in [5.41, 5.74) is 0. The van der Waals surface area contributed by atoms with Crippen LogP contribution in [0.2, 0.25) is 0 Å². The Hall–Kier alpha value is -1.56. The minimum absolute atomic E-state index is 0.00281. The molecule has 2 heterocycles. The molecule has 2 rings (SSSR count). The van der Waals surface area contributed by atoms with E-state index in [2.05, 4.69) is 5.32 Å². The van der Waals surface area contributed by atoms with Gasteiger partial charge in [0.05, 0.1) is 4.88 Å². The molecule has 0 aromatic carbocycles. The number of carbonyl (C=O) groups excluding carboxylic acids is 2. The molecule has 0 spiro atoms. The lowest BCUT2D eigenvalue weighted by Gasteiger charge is -2.33. The molecule has 1 aliphatic heterocycles. The first-order chi connectivity index (χ1) is 10.2. The number of rotatable bonds is 4. The molecule has 1 fully saturated rings. The van der Waals surface area contributed by atoms with E-state index in [0.717, 1.165) is 30.8 Å². The van der Waals surface area contributed by atoms with Gasteiger partial charge in [0.25, 0.3) is 5.91 Å². The Kier molecular flexibility index (Phi) is 5.61. The molecule has 21 heavy (non-hydrogen) atoms. The molecule has 6 heteroatoms. The summed E-state index contributed by atoms with van der Waals surface area (Å²) in [7, 11) is 0. The second-order valence-corrected chi connectivity index (χ2v) is 6.11. The number of nitrogens with one attached hydrogen (secondary N) is 1. The molecule has 5 nitrogen and oxygen atoms in total. The first-order valence-electron chi connectivity index (χ1n) is 7.53. The van der Waals surface area contributed by atoms with Crippen molar-refractivity contribution in [3.63, 3.8) is 0 Å². The zero-order valence-electron chi connectivity index (χ0n) is 12.7. The fourth-order valence-electron chi connectivity index (χ4n) is 2.56. The summed E-state index contributed by atoms with van der Waals surface area (Å²) in [5.74, 6) is 0.110. The summed E-state index contributed by atoms with van der Waals surface area (Å²) in [4.78, 5) is 28.7. The quantitative estimate of drug-likeness (QED) is 0.928. The van der Waals surface area contributed by atoms with E-state index in [1.165, 1.54) is 11.3 Å². The van der Waals surface area contributed by atoms with Crippen LogP contribution in [0.1, 0.15) is 36.4 Å². The van der Waals surface area contributed by atoms with Crippen LogP contribution in [0, 0.1) is 0 Å². The highest BCUT2D eigenvalue weighted by Crippen LogP contribution is 2.17. The van der Waals surface area contributed by atoms with Gasteiger partial charge in [-0.1, -0.05) is 6.07 Å². The zero-order valence-corrected chi connectivity index (χ0v) is 13.5. The molecule has 1 N–H and O–H groups in total. The van der Waals surface area contributed by atoms with E-state index in [1.807, 2.05) is 36.3 Å². The zero-order chi connectivity index (χ0) is 15.2. The Bertz CT molecular complexity index is 463. The van der Waals surface area contributed by atoms with Crippen molar-refractivity contribution in [2.75, 3.05) is 26.2 Å². The standard InChI is InChI=1S/C15H23N3O2S/c1-3-17(4-2)15(20)16-12-7-9-18(10-8-12)14(19)13-6-5-11-21-13/h5-6,11-12H,3-4,7-10H2,1-2H3,(H,16,20). The summed E-state index contributed by atoms with van der Waals surface area (Å²) in [6, 6.07) is 3.93. The number of urea groups is 1. The highest BCUT2D eigenvalue weighted by Gasteiger charge is 2.25. The maximum absolute atomic E-state index is 12.2. The van der Waals surface area contributed by atoms with Crippen LogP contribution in [0.25, 0.3) is 0 Å². The largest absolute Gasteiger partial charge is 0.338 e. The number of hydrogen-bond donors (Lipinski definition) is 1. The van der Waals surface area contributed by atoms with Gasteiger partial charge in [-0.2, -0.15) is 0 Å². The average Bonchev–Trinajstić information content (AvgIpc) is 3.03. The lowest BCUT2D eigenvalue weighted by molar-refractivity contribution is 0.0711. The SMILES string of the molecule is CCN(CC)C(=O)NC1CCN(C(=O)c2cccs2)CC1. The Labute approximate surface area is 129 Å². The van der Waals surface area contributed by atoms with Crippen LogP contribution in [0.3, 0.4) is 0 Å². The predicted octanol–water partition coefficient (Wildman–Crippen LogP) is 2.40. The monoisotopic (exact) mass is 309 g/mol. The van der Waals surface area contributed by atoms with E-state index in [0.29, 0.717) is 13.1 Å². The Balaban J connectivity index is 1.81. The molecule has 1 aliphatic rings. The highest BCUT2D eigenvalue weighted by atomic mass is 32.1. The summed E-state index contributed by atoms with van der Waals surface area (Å²) in [6.07, 6.45) is 1.65. The van der Waals surface area contributed by atoms with Gasteiger partial charge in [-0.3, -0.25) is 4.79 Å². The van der Waals surface area contributed by atoms with Crippen molar-refractivity contribution in [3.05, 3.63) is 22.4 Å². The van der Waals surface area contributed by atoms with Gasteiger partial charge >= 0.3 is 6.03 Å². The maximum Gasteiger partial charge on any atom is 0.317 e. The van der Waals surface area contributed by atoms with Crippen LogP contribution in [-0.2, 0) is 0 Å².